The molecule has 1 aliphatic rings. The molecular weight excluding hydrogens is 388 g/mol. The number of aliphatic hydroxyl groups excluding tert-OH is 1. The molecule has 6 N–H and O–H groups in total. The van der Waals surface area contributed by atoms with Gasteiger partial charge in [0, 0.05) is 43.3 Å². The highest BCUT2D eigenvalue weighted by Gasteiger charge is 2.26. The predicted octanol–water partition coefficient (Wildman–Crippen LogP) is 3.23. The number of aromatic nitrogens is 1. The number of nitrogens with one attached hydrogen (secondary N) is 1. The van der Waals surface area contributed by atoms with Gasteiger partial charge in [-0.3, -0.25) is 9.11 Å². The number of hydrogen-bond acceptors (Lipinski definition) is 7. The van der Waals surface area contributed by atoms with Crippen LogP contribution in [0.15, 0.2) is 53.4 Å². The number of hydrogen-bond donors (Lipinski definition) is 5. The average molecular weight is 415 g/mol. The molecule has 0 fully saturated rings. The summed E-state index contributed by atoms with van der Waals surface area (Å²) < 4.78 is 21.2. The number of fused-ring (bicyclic) bond motifs is 2. The van der Waals surface area contributed by atoms with Gasteiger partial charge in [0.25, 0.3) is 0 Å². The van der Waals surface area contributed by atoms with Crippen molar-refractivity contribution in [2.45, 2.75) is 18.0 Å². The fourth-order valence-electron chi connectivity index (χ4n) is 3.65. The van der Waals surface area contributed by atoms with Crippen molar-refractivity contribution in [1.29, 1.82) is 0 Å². The van der Waals surface area contributed by atoms with Gasteiger partial charge in [0.05, 0.1) is 22.8 Å². The lowest BCUT2D eigenvalue weighted by molar-refractivity contribution is 0.282. The minimum absolute atomic E-state index is 0.0329. The van der Waals surface area contributed by atoms with E-state index in [4.69, 9.17) is 10.7 Å². The van der Waals surface area contributed by atoms with Crippen molar-refractivity contribution < 1.29 is 14.2 Å². The van der Waals surface area contributed by atoms with E-state index in [9.17, 15) is 14.2 Å². The van der Waals surface area contributed by atoms with Crippen molar-refractivity contribution in [3.63, 3.8) is 0 Å². The van der Waals surface area contributed by atoms with Crippen molar-refractivity contribution in [3.05, 3.63) is 59.7 Å². The first-order chi connectivity index (χ1) is 14.0. The van der Waals surface area contributed by atoms with Crippen LogP contribution in [0.4, 0.5) is 11.5 Å². The largest absolute Gasteiger partial charge is 0.392 e. The zero-order chi connectivity index (χ0) is 20.4. The molecule has 4 rings (SSSR count). The number of benzene rings is 2. The smallest absolute Gasteiger partial charge is 0.131 e. The minimum Gasteiger partial charge on any atom is -0.392 e. The van der Waals surface area contributed by atoms with Crippen molar-refractivity contribution in [2.75, 3.05) is 35.6 Å². The van der Waals surface area contributed by atoms with Crippen molar-refractivity contribution in [1.82, 2.24) is 4.98 Å². The standard InChI is InChI=1S/C21H26N4O3S/c22-7-8-23-19-12-21(24-18-6-5-15(14-26)11-17(18)19)25-9-10-29(27,28)20-4-2-1-3-16(20)13-25/h1-6,11-12,26-28H,7-10,13-14,22H2,(H,23,24). The lowest BCUT2D eigenvalue weighted by atomic mass is 10.1. The Labute approximate surface area is 171 Å². The van der Waals surface area contributed by atoms with Crippen LogP contribution in [-0.4, -0.2) is 44.6 Å². The number of anilines is 2. The topological polar surface area (TPSA) is 115 Å². The van der Waals surface area contributed by atoms with E-state index < -0.39 is 10.6 Å². The van der Waals surface area contributed by atoms with Gasteiger partial charge >= 0.3 is 0 Å². The van der Waals surface area contributed by atoms with Crippen LogP contribution in [0.5, 0.6) is 0 Å². The van der Waals surface area contributed by atoms with Gasteiger partial charge in [0.1, 0.15) is 5.82 Å². The lowest BCUT2D eigenvalue weighted by Gasteiger charge is -2.32. The van der Waals surface area contributed by atoms with Crippen molar-refractivity contribution in [2.24, 2.45) is 5.73 Å². The summed E-state index contributed by atoms with van der Waals surface area (Å²) in [5.41, 5.74) is 9.11. The second-order valence-corrected chi connectivity index (χ2v) is 9.33. The summed E-state index contributed by atoms with van der Waals surface area (Å²) in [6.45, 7) is 2.12. The highest BCUT2D eigenvalue weighted by molar-refractivity contribution is 8.24. The number of rotatable bonds is 5. The molecule has 0 saturated heterocycles. The Morgan fingerprint density at radius 2 is 1.97 bits per heavy atom. The summed E-state index contributed by atoms with van der Waals surface area (Å²) in [4.78, 5) is 7.52. The molecule has 1 aromatic heterocycles. The van der Waals surface area contributed by atoms with Gasteiger partial charge in [-0.1, -0.05) is 24.3 Å². The molecule has 1 aliphatic heterocycles. The van der Waals surface area contributed by atoms with Crippen LogP contribution in [0.2, 0.25) is 0 Å². The monoisotopic (exact) mass is 414 g/mol. The van der Waals surface area contributed by atoms with E-state index in [2.05, 4.69) is 10.2 Å². The van der Waals surface area contributed by atoms with Crippen molar-refractivity contribution in [3.8, 4) is 0 Å². The maximum Gasteiger partial charge on any atom is 0.131 e. The van der Waals surface area contributed by atoms with E-state index in [0.717, 1.165) is 33.5 Å². The molecule has 2 aromatic carbocycles. The highest BCUT2D eigenvalue weighted by Crippen LogP contribution is 2.51. The van der Waals surface area contributed by atoms with Crippen LogP contribution < -0.4 is 16.0 Å². The average Bonchev–Trinajstić information content (AvgIpc) is 2.87. The summed E-state index contributed by atoms with van der Waals surface area (Å²) in [6, 6.07) is 15.1. The molecule has 29 heavy (non-hydrogen) atoms. The lowest BCUT2D eigenvalue weighted by Crippen LogP contribution is -2.26. The maximum absolute atomic E-state index is 10.6. The van der Waals surface area contributed by atoms with Gasteiger partial charge in [0.2, 0.25) is 0 Å². The third kappa shape index (κ3) is 4.03. The SMILES string of the molecule is NCCNc1cc(N2CCS(O)(O)c3ccccc3C2)nc2ccc(CO)cc12. The van der Waals surface area contributed by atoms with Crippen LogP contribution in [-0.2, 0) is 13.2 Å². The zero-order valence-electron chi connectivity index (χ0n) is 16.1. The molecule has 7 nitrogen and oxygen atoms in total. The Morgan fingerprint density at radius 3 is 2.76 bits per heavy atom. The van der Waals surface area contributed by atoms with E-state index in [1.165, 1.54) is 0 Å². The molecule has 0 unspecified atom stereocenters. The van der Waals surface area contributed by atoms with Gasteiger partial charge in [-0.2, -0.15) is 10.6 Å². The molecule has 154 valence electrons. The van der Waals surface area contributed by atoms with Gasteiger partial charge in [-0.05, 0) is 29.3 Å². The molecule has 0 amide bonds. The first-order valence-electron chi connectivity index (χ1n) is 9.59. The van der Waals surface area contributed by atoms with E-state index >= 15 is 0 Å². The minimum atomic E-state index is -2.82. The molecule has 0 spiro atoms. The van der Waals surface area contributed by atoms with Crippen LogP contribution in [0.1, 0.15) is 11.1 Å². The summed E-state index contributed by atoms with van der Waals surface area (Å²) in [7, 11) is -2.82. The Hall–Kier alpha value is -2.36. The normalized spacial score (nSPS) is 16.9. The van der Waals surface area contributed by atoms with Crippen LogP contribution in [0.25, 0.3) is 10.9 Å². The van der Waals surface area contributed by atoms with Crippen molar-refractivity contribution >= 4 is 33.0 Å². The quantitative estimate of drug-likeness (QED) is 0.435. The highest BCUT2D eigenvalue weighted by atomic mass is 32.3. The second-order valence-electron chi connectivity index (χ2n) is 7.15. The fraction of sp³-hybridized carbons (Fsp3) is 0.286. The van der Waals surface area contributed by atoms with E-state index in [1.54, 1.807) is 6.07 Å². The summed E-state index contributed by atoms with van der Waals surface area (Å²) >= 11 is 0. The predicted molar refractivity (Wildman–Crippen MR) is 119 cm³/mol. The first kappa shape index (κ1) is 19.9. The Bertz CT molecular complexity index is 1030. The number of pyridine rings is 1. The maximum atomic E-state index is 10.6. The molecular formula is C21H26N4O3S. The van der Waals surface area contributed by atoms with Crippen LogP contribution in [0, 0.1) is 0 Å². The summed E-state index contributed by atoms with van der Waals surface area (Å²) in [5.74, 6) is 1.03. The van der Waals surface area contributed by atoms with Gasteiger partial charge in [-0.25, -0.2) is 4.98 Å². The molecule has 0 bridgehead atoms. The van der Waals surface area contributed by atoms with E-state index in [-0.39, 0.29) is 12.4 Å². The fourth-order valence-corrected chi connectivity index (χ4v) is 5.20. The third-order valence-corrected chi connectivity index (χ3v) is 7.01. The van der Waals surface area contributed by atoms with Crippen LogP contribution >= 0.6 is 10.6 Å². The van der Waals surface area contributed by atoms with E-state index in [1.807, 2.05) is 42.5 Å². The van der Waals surface area contributed by atoms with Gasteiger partial charge < -0.3 is 21.1 Å². The molecule has 3 aromatic rings. The zero-order valence-corrected chi connectivity index (χ0v) is 16.9. The second kappa shape index (κ2) is 8.17. The Balaban J connectivity index is 1.77. The van der Waals surface area contributed by atoms with Crippen LogP contribution in [0.3, 0.4) is 0 Å². The number of nitrogens with two attached hydrogens (primary N) is 1. The summed E-state index contributed by atoms with van der Waals surface area (Å²) in [6.07, 6.45) is 0. The number of nitrogens with zero attached hydrogens (tertiary/aromatic N) is 2. The van der Waals surface area contributed by atoms with Gasteiger partial charge in [0.15, 0.2) is 0 Å². The molecule has 0 radical (unpaired) electrons. The molecule has 0 aliphatic carbocycles. The summed E-state index contributed by atoms with van der Waals surface area (Å²) in [5, 5.41) is 13.8. The first-order valence-corrected chi connectivity index (χ1v) is 11.3. The molecule has 2 heterocycles. The molecule has 0 atom stereocenters. The Morgan fingerprint density at radius 1 is 1.14 bits per heavy atom. The molecule has 0 saturated carbocycles. The number of aliphatic hydroxyl groups is 1. The third-order valence-electron chi connectivity index (χ3n) is 5.16. The van der Waals surface area contributed by atoms with E-state index in [0.29, 0.717) is 31.1 Å². The van der Waals surface area contributed by atoms with Gasteiger partial charge in [-0.15, -0.1) is 0 Å². The Kier molecular flexibility index (Phi) is 5.62. The molecule has 8 heteroatoms.